The fraction of sp³-hybridized carbons (Fsp3) is 0.357. The van der Waals surface area contributed by atoms with Gasteiger partial charge in [0.15, 0.2) is 6.61 Å². The summed E-state index contributed by atoms with van der Waals surface area (Å²) in [5.74, 6) is -0.570. The maximum Gasteiger partial charge on any atom is 0.417 e. The summed E-state index contributed by atoms with van der Waals surface area (Å²) in [7, 11) is 0. The Labute approximate surface area is 136 Å². The second-order valence-corrected chi connectivity index (χ2v) is 5.96. The van der Waals surface area contributed by atoms with Crippen molar-refractivity contribution in [3.63, 3.8) is 0 Å². The minimum absolute atomic E-state index is 0.207. The molecule has 3 rings (SSSR count). The summed E-state index contributed by atoms with van der Waals surface area (Å²) in [6, 6.07) is 4.33. The second-order valence-electron chi connectivity index (χ2n) is 5.14. The van der Waals surface area contributed by atoms with Crippen molar-refractivity contribution >= 4 is 41.1 Å². The zero-order valence-corrected chi connectivity index (χ0v) is 12.9. The number of ether oxygens (including phenoxy) is 1. The van der Waals surface area contributed by atoms with Gasteiger partial charge in [-0.3, -0.25) is 9.59 Å². The Balaban J connectivity index is 1.72. The number of rotatable bonds is 2. The Kier molecular flexibility index (Phi) is 3.97. The first kappa shape index (κ1) is 15.1. The van der Waals surface area contributed by atoms with E-state index in [0.29, 0.717) is 35.1 Å². The average Bonchev–Trinajstić information content (AvgIpc) is 3.08. The van der Waals surface area contributed by atoms with Gasteiger partial charge in [0.25, 0.3) is 11.8 Å². The van der Waals surface area contributed by atoms with Crippen LogP contribution in [0, 0.1) is 0 Å². The highest BCUT2D eigenvalue weighted by Gasteiger charge is 2.41. The number of imide groups is 1. The maximum atomic E-state index is 12.4. The molecule has 2 aliphatic rings. The lowest BCUT2D eigenvalue weighted by molar-refractivity contribution is -0.127. The van der Waals surface area contributed by atoms with Gasteiger partial charge in [-0.15, -0.1) is 0 Å². The number of amides is 3. The zero-order valence-electron chi connectivity index (χ0n) is 11.4. The van der Waals surface area contributed by atoms with Gasteiger partial charge in [-0.05, 0) is 24.6 Å². The average molecular weight is 343 g/mol. The smallest absolute Gasteiger partial charge is 0.417 e. The number of carbonyl (C=O) groups excluding carboxylic acids is 3. The van der Waals surface area contributed by atoms with E-state index in [-0.39, 0.29) is 24.5 Å². The summed E-state index contributed by atoms with van der Waals surface area (Å²) in [5.41, 5.74) is 0.422. The van der Waals surface area contributed by atoms with Crippen LogP contribution in [-0.4, -0.2) is 53.4 Å². The van der Waals surface area contributed by atoms with Crippen LogP contribution < -0.4 is 0 Å². The predicted octanol–water partition coefficient (Wildman–Crippen LogP) is 2.19. The van der Waals surface area contributed by atoms with Crippen molar-refractivity contribution in [1.29, 1.82) is 0 Å². The number of benzene rings is 1. The van der Waals surface area contributed by atoms with Crippen LogP contribution >= 0.6 is 23.2 Å². The van der Waals surface area contributed by atoms with Gasteiger partial charge in [-0.2, -0.15) is 0 Å². The van der Waals surface area contributed by atoms with Gasteiger partial charge in [0, 0.05) is 18.7 Å². The highest BCUT2D eigenvalue weighted by atomic mass is 35.5. The predicted molar refractivity (Wildman–Crippen MR) is 79.0 cm³/mol. The van der Waals surface area contributed by atoms with Crippen molar-refractivity contribution in [2.45, 2.75) is 12.5 Å². The molecule has 2 heterocycles. The van der Waals surface area contributed by atoms with Gasteiger partial charge in [0.05, 0.1) is 16.1 Å². The third-order valence-electron chi connectivity index (χ3n) is 3.77. The molecule has 3 amide bonds. The lowest BCUT2D eigenvalue weighted by Gasteiger charge is -2.20. The molecule has 0 N–H and O–H groups in total. The van der Waals surface area contributed by atoms with Gasteiger partial charge in [0.1, 0.15) is 0 Å². The minimum Gasteiger partial charge on any atom is -0.439 e. The van der Waals surface area contributed by atoms with Crippen molar-refractivity contribution in [3.8, 4) is 0 Å². The summed E-state index contributed by atoms with van der Waals surface area (Å²) < 4.78 is 4.70. The first-order valence-corrected chi connectivity index (χ1v) is 7.46. The van der Waals surface area contributed by atoms with Gasteiger partial charge < -0.3 is 9.64 Å². The van der Waals surface area contributed by atoms with Crippen LogP contribution in [0.3, 0.4) is 0 Å². The fourth-order valence-electron chi connectivity index (χ4n) is 2.67. The number of likely N-dealkylation sites (tertiary alicyclic amines) is 1. The minimum atomic E-state index is -0.640. The van der Waals surface area contributed by atoms with Gasteiger partial charge in [0.2, 0.25) is 0 Å². The van der Waals surface area contributed by atoms with Crippen molar-refractivity contribution in [2.24, 2.45) is 0 Å². The molecule has 2 saturated heterocycles. The molecule has 2 fully saturated rings. The van der Waals surface area contributed by atoms with Crippen LogP contribution in [0.5, 0.6) is 0 Å². The van der Waals surface area contributed by atoms with Gasteiger partial charge in [-0.1, -0.05) is 23.2 Å². The first-order valence-electron chi connectivity index (χ1n) is 6.70. The van der Waals surface area contributed by atoms with E-state index >= 15 is 0 Å². The molecule has 1 aromatic carbocycles. The van der Waals surface area contributed by atoms with Crippen LogP contribution in [0.1, 0.15) is 16.8 Å². The number of hydrogen-bond donors (Lipinski definition) is 0. The highest BCUT2D eigenvalue weighted by molar-refractivity contribution is 6.42. The number of halogens is 2. The molecule has 0 bridgehead atoms. The lowest BCUT2D eigenvalue weighted by atomic mass is 10.2. The molecular weight excluding hydrogens is 331 g/mol. The van der Waals surface area contributed by atoms with E-state index in [1.54, 1.807) is 17.0 Å². The Bertz CT molecular complexity index is 648. The first-order chi connectivity index (χ1) is 10.5. The molecule has 0 radical (unpaired) electrons. The third-order valence-corrected chi connectivity index (χ3v) is 4.51. The fourth-order valence-corrected chi connectivity index (χ4v) is 2.96. The van der Waals surface area contributed by atoms with E-state index in [1.807, 2.05) is 0 Å². The standard InChI is InChI=1S/C14H12Cl2N2O4/c15-10-2-1-8(5-11(10)16)13(20)17-4-3-9(6-17)18-12(19)7-22-14(18)21/h1-2,5,9H,3-4,6-7H2/t9-/m1/s1. The molecule has 116 valence electrons. The monoisotopic (exact) mass is 342 g/mol. The van der Waals surface area contributed by atoms with E-state index < -0.39 is 6.09 Å². The van der Waals surface area contributed by atoms with Crippen molar-refractivity contribution in [2.75, 3.05) is 19.7 Å². The molecule has 8 heteroatoms. The molecule has 0 spiro atoms. The Morgan fingerprint density at radius 1 is 1.23 bits per heavy atom. The summed E-state index contributed by atoms with van der Waals surface area (Å²) in [6.07, 6.45) is -0.104. The number of carbonyl (C=O) groups is 3. The number of nitrogens with zero attached hydrogens (tertiary/aromatic N) is 2. The van der Waals surface area contributed by atoms with E-state index in [0.717, 1.165) is 4.90 Å². The van der Waals surface area contributed by atoms with E-state index in [1.165, 1.54) is 6.07 Å². The topological polar surface area (TPSA) is 66.9 Å². The van der Waals surface area contributed by atoms with Crippen molar-refractivity contribution in [3.05, 3.63) is 33.8 Å². The van der Waals surface area contributed by atoms with Crippen LogP contribution in [0.2, 0.25) is 10.0 Å². The summed E-state index contributed by atoms with van der Waals surface area (Å²) in [5, 5.41) is 0.685. The lowest BCUT2D eigenvalue weighted by Crippen LogP contribution is -2.42. The SMILES string of the molecule is O=C(c1ccc(Cl)c(Cl)c1)N1CC[C@@H](N2C(=O)COC2=O)C1. The van der Waals surface area contributed by atoms with Gasteiger partial charge >= 0.3 is 6.09 Å². The van der Waals surface area contributed by atoms with Crippen LogP contribution in [0.4, 0.5) is 4.79 Å². The molecule has 0 unspecified atom stereocenters. The van der Waals surface area contributed by atoms with Crippen LogP contribution in [0.25, 0.3) is 0 Å². The quantitative estimate of drug-likeness (QED) is 0.826. The van der Waals surface area contributed by atoms with E-state index in [2.05, 4.69) is 0 Å². The summed E-state index contributed by atoms with van der Waals surface area (Å²) in [4.78, 5) is 38.3. The van der Waals surface area contributed by atoms with Crippen molar-refractivity contribution in [1.82, 2.24) is 9.80 Å². The molecule has 0 saturated carbocycles. The number of cyclic esters (lactones) is 1. The molecule has 0 aromatic heterocycles. The third kappa shape index (κ3) is 2.64. The van der Waals surface area contributed by atoms with Crippen LogP contribution in [-0.2, 0) is 9.53 Å². The largest absolute Gasteiger partial charge is 0.439 e. The summed E-state index contributed by atoms with van der Waals surface area (Å²) >= 11 is 11.8. The molecule has 2 aliphatic heterocycles. The summed E-state index contributed by atoms with van der Waals surface area (Å²) in [6.45, 7) is 0.525. The van der Waals surface area contributed by atoms with E-state index in [4.69, 9.17) is 27.9 Å². The second kappa shape index (κ2) is 5.78. The molecular formula is C14H12Cl2N2O4. The molecule has 1 atom stereocenters. The maximum absolute atomic E-state index is 12.4. The van der Waals surface area contributed by atoms with Crippen molar-refractivity contribution < 1.29 is 19.1 Å². The molecule has 0 aliphatic carbocycles. The van der Waals surface area contributed by atoms with Gasteiger partial charge in [-0.25, -0.2) is 9.69 Å². The molecule has 22 heavy (non-hydrogen) atoms. The number of hydrogen-bond acceptors (Lipinski definition) is 4. The Morgan fingerprint density at radius 2 is 2.00 bits per heavy atom. The van der Waals surface area contributed by atoms with E-state index in [9.17, 15) is 14.4 Å². The zero-order chi connectivity index (χ0) is 15.9. The highest BCUT2D eigenvalue weighted by Crippen LogP contribution is 2.25. The normalized spacial score (nSPS) is 21.5. The Hall–Kier alpha value is -1.79. The Morgan fingerprint density at radius 3 is 2.64 bits per heavy atom. The molecule has 1 aromatic rings. The molecule has 6 nitrogen and oxygen atoms in total. The van der Waals surface area contributed by atoms with Crippen LogP contribution in [0.15, 0.2) is 18.2 Å².